The third-order valence-corrected chi connectivity index (χ3v) is 3.38. The minimum Gasteiger partial charge on any atom is -0.313 e. The summed E-state index contributed by atoms with van der Waals surface area (Å²) in [6.07, 6.45) is 1.12. The van der Waals surface area contributed by atoms with Gasteiger partial charge in [0, 0.05) is 24.7 Å². The van der Waals surface area contributed by atoms with Crippen molar-refractivity contribution in [1.82, 2.24) is 10.2 Å². The zero-order chi connectivity index (χ0) is 14.3. The van der Waals surface area contributed by atoms with Gasteiger partial charge in [0.05, 0.1) is 0 Å². The lowest BCUT2D eigenvalue weighted by Crippen LogP contribution is -2.30. The molecule has 0 heterocycles. The Kier molecular flexibility index (Phi) is 7.03. The Morgan fingerprint density at radius 3 is 2.58 bits per heavy atom. The molecule has 1 N–H and O–H groups in total. The number of halogens is 1. The molecule has 3 heteroatoms. The lowest BCUT2D eigenvalue weighted by Gasteiger charge is -2.25. The van der Waals surface area contributed by atoms with Gasteiger partial charge in [-0.25, -0.2) is 4.39 Å². The molecule has 0 aliphatic carbocycles. The summed E-state index contributed by atoms with van der Waals surface area (Å²) in [7, 11) is 0. The lowest BCUT2D eigenvalue weighted by molar-refractivity contribution is 0.222. The van der Waals surface area contributed by atoms with Crippen LogP contribution in [0.5, 0.6) is 0 Å². The SMILES string of the molecule is CCCNCc1ccc(F)c(CN(CC)C(C)C)c1. The van der Waals surface area contributed by atoms with Crippen LogP contribution >= 0.6 is 0 Å². The highest BCUT2D eigenvalue weighted by atomic mass is 19.1. The molecule has 2 nitrogen and oxygen atoms in total. The van der Waals surface area contributed by atoms with E-state index < -0.39 is 0 Å². The normalized spacial score (nSPS) is 11.5. The van der Waals surface area contributed by atoms with E-state index in [2.05, 4.69) is 37.9 Å². The number of rotatable bonds is 8. The maximum absolute atomic E-state index is 13.9. The van der Waals surface area contributed by atoms with Crippen molar-refractivity contribution >= 4 is 0 Å². The Balaban J connectivity index is 2.73. The van der Waals surface area contributed by atoms with Crippen LogP contribution in [0.15, 0.2) is 18.2 Å². The molecule has 1 aromatic rings. The van der Waals surface area contributed by atoms with E-state index in [1.165, 1.54) is 0 Å². The third-order valence-electron chi connectivity index (χ3n) is 3.38. The predicted molar refractivity (Wildman–Crippen MR) is 79.6 cm³/mol. The quantitative estimate of drug-likeness (QED) is 0.724. The van der Waals surface area contributed by atoms with Gasteiger partial charge in [0.25, 0.3) is 0 Å². The largest absolute Gasteiger partial charge is 0.313 e. The van der Waals surface area contributed by atoms with Crippen LogP contribution in [0.25, 0.3) is 0 Å². The summed E-state index contributed by atoms with van der Waals surface area (Å²) in [6.45, 7) is 12.0. The fraction of sp³-hybridized carbons (Fsp3) is 0.625. The molecular formula is C16H27FN2. The van der Waals surface area contributed by atoms with Crippen molar-refractivity contribution in [3.63, 3.8) is 0 Å². The molecule has 0 fully saturated rings. The minimum atomic E-state index is -0.0988. The fourth-order valence-electron chi connectivity index (χ4n) is 2.15. The summed E-state index contributed by atoms with van der Waals surface area (Å²) in [6, 6.07) is 5.88. The van der Waals surface area contributed by atoms with Crippen molar-refractivity contribution in [2.45, 2.75) is 53.2 Å². The highest BCUT2D eigenvalue weighted by Gasteiger charge is 2.11. The van der Waals surface area contributed by atoms with Crippen LogP contribution in [-0.4, -0.2) is 24.0 Å². The van der Waals surface area contributed by atoms with Crippen LogP contribution in [0.3, 0.4) is 0 Å². The number of nitrogens with zero attached hydrogens (tertiary/aromatic N) is 1. The fourth-order valence-corrected chi connectivity index (χ4v) is 2.15. The second-order valence-corrected chi connectivity index (χ2v) is 5.26. The van der Waals surface area contributed by atoms with Crippen LogP contribution in [-0.2, 0) is 13.1 Å². The molecule has 0 amide bonds. The molecule has 0 aliphatic heterocycles. The average Bonchev–Trinajstić information content (AvgIpc) is 2.39. The average molecular weight is 266 g/mol. The van der Waals surface area contributed by atoms with Crippen LogP contribution in [0.1, 0.15) is 45.2 Å². The molecule has 0 saturated heterocycles. The molecule has 1 rings (SSSR count). The number of hydrogen-bond donors (Lipinski definition) is 1. The van der Waals surface area contributed by atoms with Crippen molar-refractivity contribution in [2.24, 2.45) is 0 Å². The number of benzene rings is 1. The van der Waals surface area contributed by atoms with Gasteiger partial charge in [-0.1, -0.05) is 26.0 Å². The van der Waals surface area contributed by atoms with Gasteiger partial charge in [-0.15, -0.1) is 0 Å². The van der Waals surface area contributed by atoms with Crippen molar-refractivity contribution in [3.8, 4) is 0 Å². The maximum atomic E-state index is 13.9. The Hall–Kier alpha value is -0.930. The van der Waals surface area contributed by atoms with Gasteiger partial charge in [-0.05, 0) is 45.0 Å². The zero-order valence-corrected chi connectivity index (χ0v) is 12.7. The minimum absolute atomic E-state index is 0.0988. The highest BCUT2D eigenvalue weighted by Crippen LogP contribution is 2.14. The summed E-state index contributed by atoms with van der Waals surface area (Å²) < 4.78 is 13.9. The molecule has 0 atom stereocenters. The van der Waals surface area contributed by atoms with Crippen molar-refractivity contribution in [1.29, 1.82) is 0 Å². The standard InChI is InChI=1S/C16H27FN2/c1-5-9-18-11-14-7-8-16(17)15(10-14)12-19(6-2)13(3)4/h7-8,10,13,18H,5-6,9,11-12H2,1-4H3. The van der Waals surface area contributed by atoms with Crippen LogP contribution in [0.2, 0.25) is 0 Å². The van der Waals surface area contributed by atoms with Crippen molar-refractivity contribution in [3.05, 3.63) is 35.1 Å². The molecule has 1 aromatic carbocycles. The van der Waals surface area contributed by atoms with Gasteiger partial charge in [0.1, 0.15) is 5.82 Å². The van der Waals surface area contributed by atoms with E-state index in [9.17, 15) is 4.39 Å². The van der Waals surface area contributed by atoms with Crippen LogP contribution in [0, 0.1) is 5.82 Å². The Morgan fingerprint density at radius 2 is 2.00 bits per heavy atom. The highest BCUT2D eigenvalue weighted by molar-refractivity contribution is 5.25. The third kappa shape index (κ3) is 5.29. The Morgan fingerprint density at radius 1 is 1.26 bits per heavy atom. The summed E-state index contributed by atoms with van der Waals surface area (Å²) in [5.74, 6) is -0.0988. The number of nitrogens with one attached hydrogen (secondary N) is 1. The van der Waals surface area contributed by atoms with E-state index in [0.29, 0.717) is 12.6 Å². The molecule has 0 aliphatic rings. The maximum Gasteiger partial charge on any atom is 0.127 e. The van der Waals surface area contributed by atoms with Gasteiger partial charge in [0.15, 0.2) is 0 Å². The van der Waals surface area contributed by atoms with E-state index in [-0.39, 0.29) is 5.82 Å². The molecule has 19 heavy (non-hydrogen) atoms. The van der Waals surface area contributed by atoms with Crippen molar-refractivity contribution < 1.29 is 4.39 Å². The molecule has 0 saturated carbocycles. The molecule has 0 bridgehead atoms. The van der Waals surface area contributed by atoms with Crippen LogP contribution < -0.4 is 5.32 Å². The molecule has 108 valence electrons. The zero-order valence-electron chi connectivity index (χ0n) is 12.7. The van der Waals surface area contributed by atoms with Gasteiger partial charge in [-0.2, -0.15) is 0 Å². The summed E-state index contributed by atoms with van der Waals surface area (Å²) >= 11 is 0. The molecule has 0 unspecified atom stereocenters. The van der Waals surface area contributed by atoms with Crippen molar-refractivity contribution in [2.75, 3.05) is 13.1 Å². The van der Waals surface area contributed by atoms with E-state index >= 15 is 0 Å². The molecule has 0 aromatic heterocycles. The summed E-state index contributed by atoms with van der Waals surface area (Å²) in [5, 5.41) is 3.35. The van der Waals surface area contributed by atoms with Crippen LogP contribution in [0.4, 0.5) is 4.39 Å². The lowest BCUT2D eigenvalue weighted by atomic mass is 10.1. The second kappa shape index (κ2) is 8.28. The second-order valence-electron chi connectivity index (χ2n) is 5.26. The van der Waals surface area contributed by atoms with E-state index in [4.69, 9.17) is 0 Å². The Bertz CT molecular complexity index is 377. The van der Waals surface area contributed by atoms with E-state index in [1.54, 1.807) is 6.07 Å². The van der Waals surface area contributed by atoms with E-state index in [1.807, 2.05) is 12.1 Å². The first kappa shape index (κ1) is 16.1. The van der Waals surface area contributed by atoms with E-state index in [0.717, 1.165) is 37.2 Å². The predicted octanol–water partition coefficient (Wildman–Crippen LogP) is 3.56. The smallest absolute Gasteiger partial charge is 0.127 e. The monoisotopic (exact) mass is 266 g/mol. The van der Waals surface area contributed by atoms with Gasteiger partial charge >= 0.3 is 0 Å². The molecular weight excluding hydrogens is 239 g/mol. The first-order chi connectivity index (χ1) is 9.08. The molecule has 0 spiro atoms. The number of hydrogen-bond acceptors (Lipinski definition) is 2. The summed E-state index contributed by atoms with van der Waals surface area (Å²) in [4.78, 5) is 2.27. The molecule has 0 radical (unpaired) electrons. The topological polar surface area (TPSA) is 15.3 Å². The van der Waals surface area contributed by atoms with Gasteiger partial charge < -0.3 is 5.32 Å². The van der Waals surface area contributed by atoms with Gasteiger partial charge in [0.2, 0.25) is 0 Å². The first-order valence-electron chi connectivity index (χ1n) is 7.30. The van der Waals surface area contributed by atoms with Gasteiger partial charge in [-0.3, -0.25) is 4.90 Å². The first-order valence-corrected chi connectivity index (χ1v) is 7.30. The Labute approximate surface area is 117 Å². The summed E-state index contributed by atoms with van der Waals surface area (Å²) in [5.41, 5.74) is 1.95.